The van der Waals surface area contributed by atoms with Crippen molar-refractivity contribution in [2.75, 3.05) is 0 Å². The number of carbonyl (C=O) groups is 3. The number of aromatic hydroxyl groups is 1. The first-order valence-electron chi connectivity index (χ1n) is 11.7. The van der Waals surface area contributed by atoms with Gasteiger partial charge in [0.25, 0.3) is 0 Å². The van der Waals surface area contributed by atoms with Gasteiger partial charge >= 0.3 is 6.09 Å². The summed E-state index contributed by atoms with van der Waals surface area (Å²) in [4.78, 5) is 41.4. The molecule has 3 N–H and O–H groups in total. The SMILES string of the molecule is CCC(C)C(NC(=O)OC(C)(C)C)C(=O)N(C1CC1)C(C(=O)NC(C)C)c1ccc(O)cc1. The van der Waals surface area contributed by atoms with Crippen LogP contribution in [0.1, 0.15) is 79.3 Å². The van der Waals surface area contributed by atoms with Gasteiger partial charge in [0.15, 0.2) is 0 Å². The van der Waals surface area contributed by atoms with Crippen molar-refractivity contribution in [3.05, 3.63) is 29.8 Å². The van der Waals surface area contributed by atoms with Gasteiger partial charge in [-0.3, -0.25) is 9.59 Å². The molecule has 0 saturated heterocycles. The van der Waals surface area contributed by atoms with Crippen LogP contribution in [0.3, 0.4) is 0 Å². The molecule has 1 saturated carbocycles. The number of alkyl carbamates (subject to hydrolysis) is 1. The maximum Gasteiger partial charge on any atom is 0.408 e. The lowest BCUT2D eigenvalue weighted by Gasteiger charge is -2.36. The highest BCUT2D eigenvalue weighted by atomic mass is 16.6. The molecule has 184 valence electrons. The van der Waals surface area contributed by atoms with Crippen LogP contribution in [0.5, 0.6) is 5.75 Å². The van der Waals surface area contributed by atoms with Crippen molar-refractivity contribution in [2.45, 2.75) is 97.5 Å². The molecule has 1 aliphatic rings. The lowest BCUT2D eigenvalue weighted by Crippen LogP contribution is -2.56. The van der Waals surface area contributed by atoms with E-state index >= 15 is 0 Å². The summed E-state index contributed by atoms with van der Waals surface area (Å²) in [5, 5.41) is 15.4. The van der Waals surface area contributed by atoms with Crippen LogP contribution in [0.25, 0.3) is 0 Å². The van der Waals surface area contributed by atoms with E-state index in [0.29, 0.717) is 12.0 Å². The van der Waals surface area contributed by atoms with Gasteiger partial charge in [0.1, 0.15) is 23.4 Å². The molecule has 0 radical (unpaired) electrons. The third-order valence-corrected chi connectivity index (χ3v) is 5.51. The van der Waals surface area contributed by atoms with E-state index < -0.39 is 23.8 Å². The van der Waals surface area contributed by atoms with E-state index in [1.165, 1.54) is 12.1 Å². The fraction of sp³-hybridized carbons (Fsp3) is 0.640. The molecule has 0 aromatic heterocycles. The molecule has 8 heteroatoms. The molecule has 1 aromatic carbocycles. The normalized spacial score (nSPS) is 16.5. The van der Waals surface area contributed by atoms with Gasteiger partial charge in [0.2, 0.25) is 11.8 Å². The van der Waals surface area contributed by atoms with Gasteiger partial charge in [-0.1, -0.05) is 32.4 Å². The minimum Gasteiger partial charge on any atom is -0.508 e. The number of ether oxygens (including phenoxy) is 1. The molecule has 2 rings (SSSR count). The van der Waals surface area contributed by atoms with Crippen molar-refractivity contribution in [1.29, 1.82) is 0 Å². The Balaban J connectivity index is 2.44. The van der Waals surface area contributed by atoms with Crippen molar-refractivity contribution in [1.82, 2.24) is 15.5 Å². The molecule has 33 heavy (non-hydrogen) atoms. The molecule has 3 amide bonds. The van der Waals surface area contributed by atoms with Crippen LogP contribution in [0.2, 0.25) is 0 Å². The van der Waals surface area contributed by atoms with Crippen LogP contribution in [-0.2, 0) is 14.3 Å². The molecule has 3 atom stereocenters. The van der Waals surface area contributed by atoms with Gasteiger partial charge in [-0.2, -0.15) is 0 Å². The van der Waals surface area contributed by atoms with Crippen LogP contribution in [0.4, 0.5) is 4.79 Å². The number of rotatable bonds is 9. The fourth-order valence-corrected chi connectivity index (χ4v) is 3.61. The quantitative estimate of drug-likeness (QED) is 0.517. The first kappa shape index (κ1) is 26.5. The number of nitrogens with one attached hydrogen (secondary N) is 2. The fourth-order valence-electron chi connectivity index (χ4n) is 3.61. The smallest absolute Gasteiger partial charge is 0.408 e. The second kappa shape index (κ2) is 10.9. The van der Waals surface area contributed by atoms with Gasteiger partial charge in [-0.05, 0) is 71.1 Å². The topological polar surface area (TPSA) is 108 Å². The molecule has 8 nitrogen and oxygen atoms in total. The first-order valence-corrected chi connectivity index (χ1v) is 11.7. The summed E-state index contributed by atoms with van der Waals surface area (Å²) in [6.07, 6.45) is 1.57. The first-order chi connectivity index (χ1) is 15.3. The molecule has 0 spiro atoms. The predicted octanol–water partition coefficient (Wildman–Crippen LogP) is 3.89. The average Bonchev–Trinajstić information content (AvgIpc) is 3.53. The Hall–Kier alpha value is -2.77. The molecule has 0 heterocycles. The summed E-state index contributed by atoms with van der Waals surface area (Å²) in [7, 11) is 0. The van der Waals surface area contributed by atoms with Gasteiger partial charge in [0, 0.05) is 12.1 Å². The summed E-state index contributed by atoms with van der Waals surface area (Å²) in [6.45, 7) is 12.9. The molecular formula is C25H39N3O5. The maximum atomic E-state index is 13.9. The van der Waals surface area contributed by atoms with Crippen LogP contribution >= 0.6 is 0 Å². The molecule has 0 bridgehead atoms. The zero-order chi connectivity index (χ0) is 24.9. The standard InChI is InChI=1S/C25H39N3O5/c1-8-16(4)20(27-24(32)33-25(5,6)7)23(31)28(18-11-12-18)21(22(30)26-15(2)3)17-9-13-19(29)14-10-17/h9-10,13-16,18,20-21,29H,8,11-12H2,1-7H3,(H,26,30)(H,27,32). The van der Waals surface area contributed by atoms with Crippen molar-refractivity contribution in [3.63, 3.8) is 0 Å². The van der Waals surface area contributed by atoms with Gasteiger partial charge in [0.05, 0.1) is 0 Å². The van der Waals surface area contributed by atoms with Crippen LogP contribution in [-0.4, -0.2) is 51.6 Å². The third kappa shape index (κ3) is 7.65. The van der Waals surface area contributed by atoms with E-state index in [-0.39, 0.29) is 35.6 Å². The molecule has 1 fully saturated rings. The van der Waals surface area contributed by atoms with Crippen LogP contribution < -0.4 is 10.6 Å². The van der Waals surface area contributed by atoms with E-state index in [2.05, 4.69) is 10.6 Å². The number of nitrogens with zero attached hydrogens (tertiary/aromatic N) is 1. The number of amides is 3. The summed E-state index contributed by atoms with van der Waals surface area (Å²) in [6, 6.07) is 4.40. The predicted molar refractivity (Wildman–Crippen MR) is 127 cm³/mol. The summed E-state index contributed by atoms with van der Waals surface area (Å²) in [5.74, 6) is -0.694. The molecule has 1 aliphatic carbocycles. The highest BCUT2D eigenvalue weighted by Crippen LogP contribution is 2.36. The number of carbonyl (C=O) groups excluding carboxylic acids is 3. The summed E-state index contributed by atoms with van der Waals surface area (Å²) >= 11 is 0. The highest BCUT2D eigenvalue weighted by Gasteiger charge is 2.45. The maximum absolute atomic E-state index is 13.9. The van der Waals surface area contributed by atoms with Crippen molar-refractivity contribution < 1.29 is 24.2 Å². The number of phenolic OH excluding ortho intramolecular Hbond substituents is 1. The summed E-state index contributed by atoms with van der Waals surface area (Å²) in [5.41, 5.74) is -0.0962. The number of hydrogen-bond donors (Lipinski definition) is 3. The van der Waals surface area contributed by atoms with Gasteiger partial charge in [-0.25, -0.2) is 4.79 Å². The minimum absolute atomic E-state index is 0.0788. The van der Waals surface area contributed by atoms with Gasteiger partial charge in [-0.15, -0.1) is 0 Å². The lowest BCUT2D eigenvalue weighted by molar-refractivity contribution is -0.144. The van der Waals surface area contributed by atoms with Crippen molar-refractivity contribution >= 4 is 17.9 Å². The second-order valence-electron chi connectivity index (χ2n) is 10.1. The number of benzene rings is 1. The van der Waals surface area contributed by atoms with E-state index in [0.717, 1.165) is 12.8 Å². The van der Waals surface area contributed by atoms with Crippen molar-refractivity contribution in [3.8, 4) is 5.75 Å². The van der Waals surface area contributed by atoms with E-state index in [1.54, 1.807) is 37.8 Å². The summed E-state index contributed by atoms with van der Waals surface area (Å²) < 4.78 is 5.40. The molecule has 0 aliphatic heterocycles. The Labute approximate surface area is 197 Å². The zero-order valence-corrected chi connectivity index (χ0v) is 20.8. The number of phenols is 1. The average molecular weight is 462 g/mol. The Morgan fingerprint density at radius 3 is 2.12 bits per heavy atom. The van der Waals surface area contributed by atoms with Crippen LogP contribution in [0.15, 0.2) is 24.3 Å². The Bertz CT molecular complexity index is 827. The van der Waals surface area contributed by atoms with Gasteiger partial charge < -0.3 is 25.4 Å². The highest BCUT2D eigenvalue weighted by molar-refractivity contribution is 5.92. The van der Waals surface area contributed by atoms with Crippen LogP contribution in [0, 0.1) is 5.92 Å². The monoisotopic (exact) mass is 461 g/mol. The van der Waals surface area contributed by atoms with Crippen molar-refractivity contribution in [2.24, 2.45) is 5.92 Å². The second-order valence-corrected chi connectivity index (χ2v) is 10.1. The van der Waals surface area contributed by atoms with E-state index in [1.807, 2.05) is 27.7 Å². The third-order valence-electron chi connectivity index (χ3n) is 5.51. The lowest BCUT2D eigenvalue weighted by atomic mass is 9.95. The Morgan fingerprint density at radius 2 is 1.67 bits per heavy atom. The van der Waals surface area contributed by atoms with E-state index in [4.69, 9.17) is 4.74 Å². The zero-order valence-electron chi connectivity index (χ0n) is 20.8. The Kier molecular flexibility index (Phi) is 8.75. The van der Waals surface area contributed by atoms with E-state index in [9.17, 15) is 19.5 Å². The molecule has 3 unspecified atom stereocenters. The molecule has 1 aromatic rings. The largest absolute Gasteiger partial charge is 0.508 e. The molecular weight excluding hydrogens is 422 g/mol. The minimum atomic E-state index is -0.875. The Morgan fingerprint density at radius 1 is 1.09 bits per heavy atom. The number of hydrogen-bond acceptors (Lipinski definition) is 5.